The molecule has 1 aromatic heterocycles. The molecule has 0 bridgehead atoms. The Morgan fingerprint density at radius 3 is 2.73 bits per heavy atom. The van der Waals surface area contributed by atoms with Crippen molar-refractivity contribution < 1.29 is 0 Å². The van der Waals surface area contributed by atoms with Gasteiger partial charge in [0.1, 0.15) is 10.0 Å². The first-order valence-electron chi connectivity index (χ1n) is 5.68. The van der Waals surface area contributed by atoms with Crippen molar-refractivity contribution in [1.82, 2.24) is 15.5 Å². The molecule has 1 aromatic rings. The van der Waals surface area contributed by atoms with Crippen LogP contribution in [0.25, 0.3) is 0 Å². The van der Waals surface area contributed by atoms with Gasteiger partial charge >= 0.3 is 0 Å². The molecule has 1 heterocycles. The quantitative estimate of drug-likeness (QED) is 0.836. The van der Waals surface area contributed by atoms with Gasteiger partial charge in [0, 0.05) is 18.0 Å². The van der Waals surface area contributed by atoms with Crippen LogP contribution in [0.3, 0.4) is 0 Å². The Bertz CT molecular complexity index is 328. The Hall–Kier alpha value is -0.480. The summed E-state index contributed by atoms with van der Waals surface area (Å²) in [6, 6.07) is 0.747. The van der Waals surface area contributed by atoms with Crippen LogP contribution in [0.15, 0.2) is 0 Å². The van der Waals surface area contributed by atoms with Crippen molar-refractivity contribution in [3.05, 3.63) is 10.0 Å². The summed E-state index contributed by atoms with van der Waals surface area (Å²) in [6.07, 6.45) is 3.76. The first kappa shape index (κ1) is 11.0. The molecule has 0 spiro atoms. The molecule has 15 heavy (non-hydrogen) atoms. The number of nitrogens with zero attached hydrogens (tertiary/aromatic N) is 2. The normalized spacial score (nSPS) is 17.0. The molecule has 3 nitrogen and oxygen atoms in total. The summed E-state index contributed by atoms with van der Waals surface area (Å²) in [7, 11) is 0. The van der Waals surface area contributed by atoms with Crippen LogP contribution in [-0.4, -0.2) is 16.2 Å². The van der Waals surface area contributed by atoms with Crippen LogP contribution in [0.5, 0.6) is 0 Å². The predicted molar refractivity (Wildman–Crippen MR) is 63.1 cm³/mol. The molecule has 0 amide bonds. The highest BCUT2D eigenvalue weighted by molar-refractivity contribution is 7.11. The highest BCUT2D eigenvalue weighted by Crippen LogP contribution is 2.29. The van der Waals surface area contributed by atoms with E-state index in [9.17, 15) is 0 Å². The van der Waals surface area contributed by atoms with Crippen LogP contribution >= 0.6 is 11.3 Å². The van der Waals surface area contributed by atoms with E-state index in [4.69, 9.17) is 0 Å². The second kappa shape index (κ2) is 4.18. The van der Waals surface area contributed by atoms with Gasteiger partial charge in [0.25, 0.3) is 0 Å². The molecule has 4 heteroatoms. The van der Waals surface area contributed by atoms with E-state index in [1.807, 2.05) is 0 Å². The molecule has 2 rings (SSSR count). The van der Waals surface area contributed by atoms with Gasteiger partial charge in [0.15, 0.2) is 0 Å². The summed E-state index contributed by atoms with van der Waals surface area (Å²) in [4.78, 5) is 0. The predicted octanol–water partition coefficient (Wildman–Crippen LogP) is 2.48. The molecular weight excluding hydrogens is 206 g/mol. The van der Waals surface area contributed by atoms with Gasteiger partial charge in [-0.2, -0.15) is 0 Å². The highest BCUT2D eigenvalue weighted by atomic mass is 32.1. The lowest BCUT2D eigenvalue weighted by Gasteiger charge is -2.17. The Labute approximate surface area is 95.3 Å². The van der Waals surface area contributed by atoms with E-state index in [-0.39, 0.29) is 5.41 Å². The average molecular weight is 225 g/mol. The van der Waals surface area contributed by atoms with Crippen molar-refractivity contribution in [2.75, 3.05) is 0 Å². The fourth-order valence-electron chi connectivity index (χ4n) is 1.27. The van der Waals surface area contributed by atoms with Crippen molar-refractivity contribution in [1.29, 1.82) is 0 Å². The standard InChI is InChI=1S/C11H19N3S/c1-4-11(2,3)10-14-13-9(15-10)7-12-8-5-6-8/h8,12H,4-7H2,1-3H3. The van der Waals surface area contributed by atoms with Crippen LogP contribution in [-0.2, 0) is 12.0 Å². The molecule has 0 aromatic carbocycles. The van der Waals surface area contributed by atoms with Crippen molar-refractivity contribution >= 4 is 11.3 Å². The molecular formula is C11H19N3S. The van der Waals surface area contributed by atoms with Gasteiger partial charge in [-0.05, 0) is 19.3 Å². The maximum atomic E-state index is 4.29. The van der Waals surface area contributed by atoms with Crippen LogP contribution in [0.4, 0.5) is 0 Å². The fraction of sp³-hybridized carbons (Fsp3) is 0.818. The third-order valence-corrected chi connectivity index (χ3v) is 4.34. The summed E-state index contributed by atoms with van der Waals surface area (Å²) in [5.74, 6) is 0. The largest absolute Gasteiger partial charge is 0.308 e. The maximum absolute atomic E-state index is 4.29. The minimum absolute atomic E-state index is 0.176. The molecule has 0 radical (unpaired) electrons. The molecule has 0 atom stereocenters. The lowest BCUT2D eigenvalue weighted by molar-refractivity contribution is 0.498. The van der Waals surface area contributed by atoms with Crippen molar-refractivity contribution in [2.24, 2.45) is 0 Å². The molecule has 84 valence electrons. The second-order valence-corrected chi connectivity index (χ2v) is 5.96. The Kier molecular flexibility index (Phi) is 3.07. The van der Waals surface area contributed by atoms with E-state index < -0.39 is 0 Å². The Balaban J connectivity index is 1.96. The number of hydrogen-bond donors (Lipinski definition) is 1. The van der Waals surface area contributed by atoms with Gasteiger partial charge in [-0.1, -0.05) is 32.1 Å². The molecule has 1 aliphatic rings. The highest BCUT2D eigenvalue weighted by Gasteiger charge is 2.24. The topological polar surface area (TPSA) is 37.8 Å². The molecule has 0 saturated heterocycles. The molecule has 1 N–H and O–H groups in total. The van der Waals surface area contributed by atoms with Crippen LogP contribution in [0.2, 0.25) is 0 Å². The molecule has 0 unspecified atom stereocenters. The summed E-state index contributed by atoms with van der Waals surface area (Å²) in [6.45, 7) is 7.54. The Morgan fingerprint density at radius 2 is 2.13 bits per heavy atom. The number of aromatic nitrogens is 2. The smallest absolute Gasteiger partial charge is 0.131 e. The molecule has 1 saturated carbocycles. The van der Waals surface area contributed by atoms with Crippen LogP contribution in [0, 0.1) is 0 Å². The van der Waals surface area contributed by atoms with Crippen LogP contribution < -0.4 is 5.32 Å². The summed E-state index contributed by atoms with van der Waals surface area (Å²) < 4.78 is 0. The lowest BCUT2D eigenvalue weighted by Crippen LogP contribution is -2.15. The number of nitrogens with one attached hydrogen (secondary N) is 1. The molecule has 1 fully saturated rings. The zero-order valence-electron chi connectivity index (χ0n) is 9.71. The van der Waals surface area contributed by atoms with Gasteiger partial charge < -0.3 is 5.32 Å². The van der Waals surface area contributed by atoms with E-state index in [0.29, 0.717) is 0 Å². The second-order valence-electron chi connectivity index (χ2n) is 4.89. The van der Waals surface area contributed by atoms with Crippen LogP contribution in [0.1, 0.15) is 50.0 Å². The maximum Gasteiger partial charge on any atom is 0.131 e. The van der Waals surface area contributed by atoms with E-state index in [2.05, 4.69) is 36.3 Å². The molecule has 1 aliphatic carbocycles. The number of rotatable bonds is 5. The van der Waals surface area contributed by atoms with Crippen molar-refractivity contribution in [2.45, 2.75) is 58.0 Å². The minimum Gasteiger partial charge on any atom is -0.308 e. The first-order chi connectivity index (χ1) is 7.12. The SMILES string of the molecule is CCC(C)(C)c1nnc(CNC2CC2)s1. The Morgan fingerprint density at radius 1 is 1.40 bits per heavy atom. The summed E-state index contributed by atoms with van der Waals surface area (Å²) in [5.41, 5.74) is 0.176. The lowest BCUT2D eigenvalue weighted by atomic mass is 9.91. The summed E-state index contributed by atoms with van der Waals surface area (Å²) in [5, 5.41) is 14.3. The van der Waals surface area contributed by atoms with Gasteiger partial charge in [-0.25, -0.2) is 0 Å². The van der Waals surface area contributed by atoms with Gasteiger partial charge in [-0.15, -0.1) is 10.2 Å². The zero-order chi connectivity index (χ0) is 10.9. The monoisotopic (exact) mass is 225 g/mol. The van der Waals surface area contributed by atoms with Crippen molar-refractivity contribution in [3.8, 4) is 0 Å². The first-order valence-corrected chi connectivity index (χ1v) is 6.49. The fourth-order valence-corrected chi connectivity index (χ4v) is 2.23. The number of hydrogen-bond acceptors (Lipinski definition) is 4. The van der Waals surface area contributed by atoms with E-state index in [1.54, 1.807) is 11.3 Å². The van der Waals surface area contributed by atoms with Gasteiger partial charge in [0.2, 0.25) is 0 Å². The van der Waals surface area contributed by atoms with E-state index in [1.165, 1.54) is 12.8 Å². The van der Waals surface area contributed by atoms with Crippen molar-refractivity contribution in [3.63, 3.8) is 0 Å². The third-order valence-electron chi connectivity index (χ3n) is 3.05. The zero-order valence-corrected chi connectivity index (χ0v) is 10.5. The van der Waals surface area contributed by atoms with Gasteiger partial charge in [-0.3, -0.25) is 0 Å². The molecule has 0 aliphatic heterocycles. The summed E-state index contributed by atoms with van der Waals surface area (Å²) >= 11 is 1.75. The van der Waals surface area contributed by atoms with E-state index in [0.717, 1.165) is 29.0 Å². The minimum atomic E-state index is 0.176. The third kappa shape index (κ3) is 2.75. The van der Waals surface area contributed by atoms with Gasteiger partial charge in [0.05, 0.1) is 0 Å². The average Bonchev–Trinajstić information content (AvgIpc) is 2.92. The van der Waals surface area contributed by atoms with E-state index >= 15 is 0 Å².